The topological polar surface area (TPSA) is 178 Å². The molecular formula is C13H19N5O7. The lowest BCUT2D eigenvalue weighted by Crippen LogP contribution is -2.56. The third-order valence-corrected chi connectivity index (χ3v) is 4.21. The molecular weight excluding hydrogens is 338 g/mol. The number of aromatic nitrogens is 4. The molecule has 0 bridgehead atoms. The maximum absolute atomic E-state index is 12.4. The second kappa shape index (κ2) is 6.24. The van der Waals surface area contributed by atoms with Crippen LogP contribution in [-0.4, -0.2) is 77.7 Å². The number of nitrogen functional groups attached to an aromatic ring is 1. The van der Waals surface area contributed by atoms with Gasteiger partial charge in [0.15, 0.2) is 17.4 Å². The second-order valence-electron chi connectivity index (χ2n) is 5.69. The lowest BCUT2D eigenvalue weighted by molar-refractivity contribution is -0.250. The molecule has 1 fully saturated rings. The zero-order valence-electron chi connectivity index (χ0n) is 13.5. The van der Waals surface area contributed by atoms with Crippen molar-refractivity contribution in [2.75, 3.05) is 19.5 Å². The fourth-order valence-corrected chi connectivity index (χ4v) is 2.83. The van der Waals surface area contributed by atoms with Crippen molar-refractivity contribution < 1.29 is 29.9 Å². The number of methoxy groups -OCH3 is 1. The van der Waals surface area contributed by atoms with Gasteiger partial charge in [-0.3, -0.25) is 13.9 Å². The first-order valence-corrected chi connectivity index (χ1v) is 7.40. The first-order valence-electron chi connectivity index (χ1n) is 7.40. The Bertz CT molecular complexity index is 847. The molecule has 12 heteroatoms. The number of nitrogens with two attached hydrogens (primary N) is 1. The lowest BCUT2D eigenvalue weighted by atomic mass is 9.98. The normalized spacial score (nSPS) is 29.9. The highest BCUT2D eigenvalue weighted by Crippen LogP contribution is 2.32. The summed E-state index contributed by atoms with van der Waals surface area (Å²) in [6.45, 7) is -0.605. The van der Waals surface area contributed by atoms with Gasteiger partial charge in [0.25, 0.3) is 5.56 Å². The van der Waals surface area contributed by atoms with E-state index >= 15 is 0 Å². The largest absolute Gasteiger partial charge is 0.468 e. The number of nitrogens with zero attached hydrogens (tertiary/aromatic N) is 4. The summed E-state index contributed by atoms with van der Waals surface area (Å²) in [6, 6.07) is -0.0248. The van der Waals surface area contributed by atoms with Gasteiger partial charge < -0.3 is 35.6 Å². The van der Waals surface area contributed by atoms with Crippen molar-refractivity contribution in [1.29, 1.82) is 0 Å². The van der Waals surface area contributed by atoms with E-state index < -0.39 is 42.8 Å². The number of hydrogen-bond acceptors (Lipinski definition) is 10. The molecule has 0 aliphatic carbocycles. The minimum absolute atomic E-state index is 0.0248. The van der Waals surface area contributed by atoms with Gasteiger partial charge in [0, 0.05) is 7.05 Å². The van der Waals surface area contributed by atoms with Gasteiger partial charge in [0.2, 0.25) is 5.95 Å². The predicted octanol–water partition coefficient (Wildman–Crippen LogP) is -3.31. The third kappa shape index (κ3) is 2.54. The van der Waals surface area contributed by atoms with Crippen molar-refractivity contribution in [2.45, 2.75) is 30.6 Å². The van der Waals surface area contributed by atoms with Gasteiger partial charge >= 0.3 is 6.01 Å². The van der Waals surface area contributed by atoms with E-state index in [4.69, 9.17) is 15.2 Å². The first-order chi connectivity index (χ1) is 11.8. The Morgan fingerprint density at radius 1 is 1.24 bits per heavy atom. The third-order valence-electron chi connectivity index (χ3n) is 4.21. The van der Waals surface area contributed by atoms with Crippen LogP contribution in [0, 0.1) is 0 Å². The van der Waals surface area contributed by atoms with Crippen LogP contribution in [0.1, 0.15) is 6.23 Å². The zero-order chi connectivity index (χ0) is 18.5. The fraction of sp³-hybridized carbons (Fsp3) is 0.615. The standard InChI is InChI=1S/C13H19N5O7/c1-17-10(23)5-9(16-13(17)24-2)18(12(14)15-5)11-8(22)7(21)6(20)4(3-19)25-11/h4,6-8,11,19-22H,3H2,1-2H3,(H2,14,15)/t4-,6-,7+,8-,11-/m1/s1. The van der Waals surface area contributed by atoms with Crippen molar-refractivity contribution in [3.63, 3.8) is 0 Å². The summed E-state index contributed by atoms with van der Waals surface area (Å²) in [7, 11) is 2.77. The van der Waals surface area contributed by atoms with Crippen LogP contribution in [0.3, 0.4) is 0 Å². The predicted molar refractivity (Wildman–Crippen MR) is 82.7 cm³/mol. The van der Waals surface area contributed by atoms with Crippen LogP contribution < -0.4 is 16.0 Å². The van der Waals surface area contributed by atoms with E-state index in [2.05, 4.69) is 9.97 Å². The molecule has 3 heterocycles. The molecule has 0 saturated carbocycles. The number of imidazole rings is 1. The molecule has 2 aromatic heterocycles. The fourth-order valence-electron chi connectivity index (χ4n) is 2.83. The number of hydrogen-bond donors (Lipinski definition) is 5. The SMILES string of the molecule is COc1nc2c(nc(N)n2[C@@H]2O[C@H](CO)[C@@H](O)[C@H](O)[C@H]2O)c(=O)n1C. The maximum Gasteiger partial charge on any atom is 0.300 e. The van der Waals surface area contributed by atoms with Gasteiger partial charge in [0.1, 0.15) is 24.4 Å². The first kappa shape index (κ1) is 17.6. The van der Waals surface area contributed by atoms with Gasteiger partial charge in [-0.15, -0.1) is 0 Å². The molecule has 3 rings (SSSR count). The van der Waals surface area contributed by atoms with Crippen LogP contribution >= 0.6 is 0 Å². The van der Waals surface area contributed by atoms with E-state index in [1.807, 2.05) is 0 Å². The number of fused-ring (bicyclic) bond motifs is 1. The molecule has 25 heavy (non-hydrogen) atoms. The Hall–Kier alpha value is -2.25. The molecule has 6 N–H and O–H groups in total. The van der Waals surface area contributed by atoms with Crippen molar-refractivity contribution in [3.8, 4) is 6.01 Å². The Morgan fingerprint density at radius 2 is 1.92 bits per heavy atom. The van der Waals surface area contributed by atoms with Gasteiger partial charge in [-0.2, -0.15) is 4.98 Å². The molecule has 12 nitrogen and oxygen atoms in total. The van der Waals surface area contributed by atoms with Crippen LogP contribution in [0.4, 0.5) is 5.95 Å². The number of aliphatic hydroxyl groups is 4. The molecule has 0 unspecified atom stereocenters. The van der Waals surface area contributed by atoms with Gasteiger partial charge in [-0.1, -0.05) is 0 Å². The number of rotatable bonds is 3. The monoisotopic (exact) mass is 357 g/mol. The summed E-state index contributed by atoms with van der Waals surface area (Å²) < 4.78 is 12.7. The zero-order valence-corrected chi connectivity index (χ0v) is 13.5. The van der Waals surface area contributed by atoms with Crippen LogP contribution in [-0.2, 0) is 11.8 Å². The summed E-state index contributed by atoms with van der Waals surface area (Å²) in [5.41, 5.74) is 5.21. The van der Waals surface area contributed by atoms with Crippen molar-refractivity contribution in [1.82, 2.24) is 19.1 Å². The molecule has 0 radical (unpaired) electrons. The summed E-state index contributed by atoms with van der Waals surface area (Å²) in [6.07, 6.45) is -7.21. The number of ether oxygens (including phenoxy) is 2. The number of aliphatic hydroxyl groups excluding tert-OH is 4. The van der Waals surface area contributed by atoms with Crippen molar-refractivity contribution >= 4 is 17.1 Å². The van der Waals surface area contributed by atoms with Crippen LogP contribution in [0.5, 0.6) is 6.01 Å². The van der Waals surface area contributed by atoms with Crippen molar-refractivity contribution in [3.05, 3.63) is 10.4 Å². The highest BCUT2D eigenvalue weighted by molar-refractivity contribution is 5.73. The average molecular weight is 357 g/mol. The molecule has 1 aliphatic rings. The molecule has 2 aromatic rings. The van der Waals surface area contributed by atoms with Gasteiger partial charge in [0.05, 0.1) is 13.7 Å². The number of anilines is 1. The smallest absolute Gasteiger partial charge is 0.300 e. The Morgan fingerprint density at radius 3 is 2.52 bits per heavy atom. The highest BCUT2D eigenvalue weighted by Gasteiger charge is 2.45. The molecule has 1 saturated heterocycles. The summed E-state index contributed by atoms with van der Waals surface area (Å²) >= 11 is 0. The van der Waals surface area contributed by atoms with Crippen LogP contribution in [0.25, 0.3) is 11.2 Å². The Labute approximate surface area is 140 Å². The van der Waals surface area contributed by atoms with Gasteiger partial charge in [-0.25, -0.2) is 4.98 Å². The molecule has 0 spiro atoms. The van der Waals surface area contributed by atoms with E-state index in [1.165, 1.54) is 14.2 Å². The van der Waals surface area contributed by atoms with Crippen LogP contribution in [0.15, 0.2) is 4.79 Å². The van der Waals surface area contributed by atoms with E-state index in [1.54, 1.807) is 0 Å². The second-order valence-corrected chi connectivity index (χ2v) is 5.69. The molecule has 5 atom stereocenters. The molecule has 0 aromatic carbocycles. The average Bonchev–Trinajstić information content (AvgIpc) is 2.92. The van der Waals surface area contributed by atoms with Crippen molar-refractivity contribution in [2.24, 2.45) is 7.05 Å². The van der Waals surface area contributed by atoms with Gasteiger partial charge in [-0.05, 0) is 0 Å². The molecule has 1 aliphatic heterocycles. The van der Waals surface area contributed by atoms with E-state index in [0.717, 1.165) is 9.13 Å². The molecule has 138 valence electrons. The maximum atomic E-state index is 12.4. The highest BCUT2D eigenvalue weighted by atomic mass is 16.6. The Balaban J connectivity index is 2.19. The minimum Gasteiger partial charge on any atom is -0.468 e. The minimum atomic E-state index is -1.61. The summed E-state index contributed by atoms with van der Waals surface area (Å²) in [5, 5.41) is 39.4. The van der Waals surface area contributed by atoms with Crippen LogP contribution in [0.2, 0.25) is 0 Å². The van der Waals surface area contributed by atoms with E-state index in [9.17, 15) is 25.2 Å². The lowest BCUT2D eigenvalue weighted by Gasteiger charge is -2.40. The van der Waals surface area contributed by atoms with E-state index in [-0.39, 0.29) is 23.1 Å². The molecule has 0 amide bonds. The quantitative estimate of drug-likeness (QED) is 0.373. The summed E-state index contributed by atoms with van der Waals surface area (Å²) in [5.74, 6) is -0.197. The Kier molecular flexibility index (Phi) is 4.38. The summed E-state index contributed by atoms with van der Waals surface area (Å²) in [4.78, 5) is 20.4. The van der Waals surface area contributed by atoms with E-state index in [0.29, 0.717) is 0 Å².